The van der Waals surface area contributed by atoms with Crippen LogP contribution in [-0.2, 0) is 9.53 Å². The first-order chi connectivity index (χ1) is 14.6. The number of rotatable bonds is 5. The van der Waals surface area contributed by atoms with Crippen LogP contribution in [0.25, 0.3) is 22.1 Å². The van der Waals surface area contributed by atoms with Crippen LogP contribution in [0.1, 0.15) is 11.7 Å². The van der Waals surface area contributed by atoms with Crippen molar-refractivity contribution >= 4 is 28.5 Å². The SMILES string of the molecule is COC(=O)C(Oc1cc2oc(=O)cc(-c3ccccc3)c2cc1Cl)c1ccccc1. The first-order valence-electron chi connectivity index (χ1n) is 9.19. The molecule has 0 aliphatic rings. The van der Waals surface area contributed by atoms with Crippen LogP contribution in [0.5, 0.6) is 5.75 Å². The fourth-order valence-corrected chi connectivity index (χ4v) is 3.43. The lowest BCUT2D eigenvalue weighted by Crippen LogP contribution is -2.20. The fraction of sp³-hybridized carbons (Fsp3) is 0.0833. The van der Waals surface area contributed by atoms with Gasteiger partial charge in [0.25, 0.3) is 0 Å². The number of benzene rings is 3. The van der Waals surface area contributed by atoms with Gasteiger partial charge in [-0.2, -0.15) is 0 Å². The minimum atomic E-state index is -1.02. The Morgan fingerprint density at radius 3 is 2.30 bits per heavy atom. The molecule has 0 saturated carbocycles. The second kappa shape index (κ2) is 8.43. The van der Waals surface area contributed by atoms with Gasteiger partial charge in [-0.1, -0.05) is 72.3 Å². The highest BCUT2D eigenvalue weighted by Crippen LogP contribution is 2.37. The van der Waals surface area contributed by atoms with E-state index in [0.29, 0.717) is 22.1 Å². The molecule has 0 radical (unpaired) electrons. The van der Waals surface area contributed by atoms with Crippen molar-refractivity contribution in [1.29, 1.82) is 0 Å². The van der Waals surface area contributed by atoms with Gasteiger partial charge in [-0.3, -0.25) is 0 Å². The summed E-state index contributed by atoms with van der Waals surface area (Å²) in [5.74, 6) is -0.367. The van der Waals surface area contributed by atoms with Gasteiger partial charge in [0.1, 0.15) is 11.3 Å². The number of ether oxygens (including phenoxy) is 2. The highest BCUT2D eigenvalue weighted by atomic mass is 35.5. The average molecular weight is 421 g/mol. The lowest BCUT2D eigenvalue weighted by molar-refractivity contribution is -0.149. The van der Waals surface area contributed by atoms with Gasteiger partial charge in [0, 0.05) is 23.1 Å². The van der Waals surface area contributed by atoms with Crippen molar-refractivity contribution in [2.24, 2.45) is 0 Å². The summed E-state index contributed by atoms with van der Waals surface area (Å²) in [6.45, 7) is 0. The van der Waals surface area contributed by atoms with Gasteiger partial charge in [-0.15, -0.1) is 0 Å². The molecule has 1 heterocycles. The third-order valence-electron chi connectivity index (χ3n) is 4.64. The van der Waals surface area contributed by atoms with Gasteiger partial charge in [-0.05, 0) is 17.2 Å². The van der Waals surface area contributed by atoms with Crippen molar-refractivity contribution < 1.29 is 18.7 Å². The van der Waals surface area contributed by atoms with E-state index in [1.54, 1.807) is 30.3 Å². The van der Waals surface area contributed by atoms with Crippen LogP contribution in [0.4, 0.5) is 0 Å². The first kappa shape index (κ1) is 19.7. The quantitative estimate of drug-likeness (QED) is 0.319. The molecule has 0 bridgehead atoms. The van der Waals surface area contributed by atoms with Gasteiger partial charge in [-0.25, -0.2) is 9.59 Å². The lowest BCUT2D eigenvalue weighted by Gasteiger charge is -2.18. The van der Waals surface area contributed by atoms with Crippen LogP contribution in [0.15, 0.2) is 88.1 Å². The molecular weight excluding hydrogens is 404 g/mol. The largest absolute Gasteiger partial charge is 0.472 e. The minimum absolute atomic E-state index is 0.205. The Morgan fingerprint density at radius 2 is 1.63 bits per heavy atom. The highest BCUT2D eigenvalue weighted by Gasteiger charge is 2.25. The summed E-state index contributed by atoms with van der Waals surface area (Å²) in [4.78, 5) is 24.5. The van der Waals surface area contributed by atoms with Crippen LogP contribution in [-0.4, -0.2) is 13.1 Å². The van der Waals surface area contributed by atoms with Gasteiger partial charge in [0.2, 0.25) is 6.10 Å². The standard InChI is InChI=1S/C24H17ClO5/c1-28-24(27)23(16-10-6-3-7-11-16)30-21-14-20-18(12-19(21)25)17(13-22(26)29-20)15-8-4-2-5-9-15/h2-14,23H,1H3. The van der Waals surface area contributed by atoms with Crippen molar-refractivity contribution in [2.45, 2.75) is 6.10 Å². The molecule has 0 fully saturated rings. The molecule has 150 valence electrons. The number of carbonyl (C=O) groups is 1. The smallest absolute Gasteiger partial charge is 0.351 e. The first-order valence-corrected chi connectivity index (χ1v) is 9.57. The molecule has 6 heteroatoms. The summed E-state index contributed by atoms with van der Waals surface area (Å²) in [6, 6.07) is 23.0. The second-order valence-corrected chi connectivity index (χ2v) is 6.96. The van der Waals surface area contributed by atoms with Crippen molar-refractivity contribution in [3.63, 3.8) is 0 Å². The Balaban J connectivity index is 1.82. The predicted octanol–water partition coefficient (Wildman–Crippen LogP) is 5.41. The zero-order valence-corrected chi connectivity index (χ0v) is 16.8. The molecule has 1 unspecified atom stereocenters. The fourth-order valence-electron chi connectivity index (χ4n) is 3.22. The van der Waals surface area contributed by atoms with Crippen LogP contribution >= 0.6 is 11.6 Å². The van der Waals surface area contributed by atoms with Gasteiger partial charge in [0.05, 0.1) is 12.1 Å². The lowest BCUT2D eigenvalue weighted by atomic mass is 10.0. The Hall–Kier alpha value is -3.57. The molecule has 5 nitrogen and oxygen atoms in total. The minimum Gasteiger partial charge on any atom is -0.472 e. The maximum absolute atomic E-state index is 12.3. The third kappa shape index (κ3) is 3.93. The number of methoxy groups -OCH3 is 1. The summed E-state index contributed by atoms with van der Waals surface area (Å²) >= 11 is 6.48. The maximum Gasteiger partial charge on any atom is 0.351 e. The predicted molar refractivity (Wildman–Crippen MR) is 115 cm³/mol. The van der Waals surface area contributed by atoms with E-state index >= 15 is 0 Å². The van der Waals surface area contributed by atoms with E-state index in [2.05, 4.69) is 0 Å². The van der Waals surface area contributed by atoms with Crippen molar-refractivity contribution in [2.75, 3.05) is 7.11 Å². The number of fused-ring (bicyclic) bond motifs is 1. The van der Waals surface area contributed by atoms with E-state index in [-0.39, 0.29) is 10.8 Å². The second-order valence-electron chi connectivity index (χ2n) is 6.56. The number of esters is 1. The summed E-state index contributed by atoms with van der Waals surface area (Å²) < 4.78 is 16.2. The molecule has 0 amide bonds. The molecule has 4 aromatic rings. The number of hydrogen-bond donors (Lipinski definition) is 0. The topological polar surface area (TPSA) is 65.7 Å². The highest BCUT2D eigenvalue weighted by molar-refractivity contribution is 6.33. The molecule has 0 saturated heterocycles. The molecule has 4 rings (SSSR count). The zero-order valence-electron chi connectivity index (χ0n) is 16.0. The molecule has 0 spiro atoms. The molecule has 1 atom stereocenters. The van der Waals surface area contributed by atoms with Gasteiger partial charge in [0.15, 0.2) is 0 Å². The Bertz CT molecular complexity index is 1250. The van der Waals surface area contributed by atoms with E-state index in [1.165, 1.54) is 19.2 Å². The van der Waals surface area contributed by atoms with Crippen LogP contribution < -0.4 is 10.4 Å². The molecule has 0 aliphatic carbocycles. The van der Waals surface area contributed by atoms with Crippen LogP contribution in [0.2, 0.25) is 5.02 Å². The third-order valence-corrected chi connectivity index (χ3v) is 4.94. The van der Waals surface area contributed by atoms with Gasteiger partial charge < -0.3 is 13.9 Å². The van der Waals surface area contributed by atoms with E-state index in [1.807, 2.05) is 36.4 Å². The summed E-state index contributed by atoms with van der Waals surface area (Å²) in [7, 11) is 1.29. The molecule has 0 N–H and O–H groups in total. The van der Waals surface area contributed by atoms with Crippen molar-refractivity contribution in [3.8, 4) is 16.9 Å². The number of carbonyl (C=O) groups excluding carboxylic acids is 1. The van der Waals surface area contributed by atoms with E-state index in [9.17, 15) is 9.59 Å². The number of hydrogen-bond acceptors (Lipinski definition) is 5. The Morgan fingerprint density at radius 1 is 0.967 bits per heavy atom. The molecule has 3 aromatic carbocycles. The van der Waals surface area contributed by atoms with Crippen molar-refractivity contribution in [1.82, 2.24) is 0 Å². The monoisotopic (exact) mass is 420 g/mol. The molecule has 0 aliphatic heterocycles. The van der Waals surface area contributed by atoms with Crippen molar-refractivity contribution in [3.05, 3.63) is 99.9 Å². The average Bonchev–Trinajstić information content (AvgIpc) is 2.78. The number of halogens is 1. The van der Waals surface area contributed by atoms with Gasteiger partial charge >= 0.3 is 11.6 Å². The van der Waals surface area contributed by atoms with E-state index in [0.717, 1.165) is 5.56 Å². The zero-order chi connectivity index (χ0) is 21.1. The molecule has 1 aromatic heterocycles. The van der Waals surface area contributed by atoms with Crippen LogP contribution in [0, 0.1) is 0 Å². The van der Waals surface area contributed by atoms with E-state index in [4.69, 9.17) is 25.5 Å². The summed E-state index contributed by atoms with van der Waals surface area (Å²) in [5.41, 5.74) is 1.97. The molecular formula is C24H17ClO5. The Labute approximate surface area is 177 Å². The van der Waals surface area contributed by atoms with E-state index < -0.39 is 17.7 Å². The maximum atomic E-state index is 12.3. The normalized spacial score (nSPS) is 11.8. The van der Waals surface area contributed by atoms with Crippen LogP contribution in [0.3, 0.4) is 0 Å². The molecule has 30 heavy (non-hydrogen) atoms. The summed E-state index contributed by atoms with van der Waals surface area (Å²) in [5, 5.41) is 0.936. The Kier molecular flexibility index (Phi) is 5.55. The summed E-state index contributed by atoms with van der Waals surface area (Å²) in [6.07, 6.45) is -1.02.